The molecule has 0 radical (unpaired) electrons. The van der Waals surface area contributed by atoms with E-state index in [4.69, 9.17) is 4.42 Å². The molecule has 0 spiro atoms. The van der Waals surface area contributed by atoms with Crippen LogP contribution in [0.1, 0.15) is 44.9 Å². The highest BCUT2D eigenvalue weighted by atomic mass is 32.2. The quantitative estimate of drug-likeness (QED) is 0.595. The SMILES string of the molecule is C[C@H](NC(=O)CSc1nnc(-c2ccc(C(C)(C)C)cc2)o1)c1ccccc1. The second kappa shape index (κ2) is 8.61. The Morgan fingerprint density at radius 2 is 1.75 bits per heavy atom. The van der Waals surface area contributed by atoms with Crippen LogP contribution in [0.25, 0.3) is 11.5 Å². The minimum Gasteiger partial charge on any atom is -0.411 e. The molecule has 0 saturated carbocycles. The molecule has 0 fully saturated rings. The number of rotatable bonds is 6. The zero-order valence-electron chi connectivity index (χ0n) is 16.6. The van der Waals surface area contributed by atoms with Crippen molar-refractivity contribution in [2.24, 2.45) is 0 Å². The van der Waals surface area contributed by atoms with Crippen LogP contribution in [0.15, 0.2) is 64.2 Å². The Morgan fingerprint density at radius 1 is 1.07 bits per heavy atom. The molecular formula is C22H25N3O2S. The topological polar surface area (TPSA) is 68.0 Å². The van der Waals surface area contributed by atoms with Crippen molar-refractivity contribution in [3.05, 3.63) is 65.7 Å². The monoisotopic (exact) mass is 395 g/mol. The number of amides is 1. The van der Waals surface area contributed by atoms with Crippen LogP contribution in [0.3, 0.4) is 0 Å². The Balaban J connectivity index is 1.55. The summed E-state index contributed by atoms with van der Waals surface area (Å²) in [4.78, 5) is 12.2. The number of hydrogen-bond donors (Lipinski definition) is 1. The summed E-state index contributed by atoms with van der Waals surface area (Å²) >= 11 is 1.24. The highest BCUT2D eigenvalue weighted by Gasteiger charge is 2.16. The number of hydrogen-bond acceptors (Lipinski definition) is 5. The summed E-state index contributed by atoms with van der Waals surface area (Å²) < 4.78 is 5.70. The molecule has 1 aromatic heterocycles. The third kappa shape index (κ3) is 5.23. The molecule has 146 valence electrons. The minimum absolute atomic E-state index is 0.0473. The van der Waals surface area contributed by atoms with Gasteiger partial charge in [0.1, 0.15) is 0 Å². The Bertz CT molecular complexity index is 915. The van der Waals surface area contributed by atoms with Gasteiger partial charge in [-0.05, 0) is 35.6 Å². The number of nitrogens with zero attached hydrogens (tertiary/aromatic N) is 2. The first-order valence-corrected chi connectivity index (χ1v) is 10.2. The maximum absolute atomic E-state index is 12.2. The number of carbonyl (C=O) groups excluding carboxylic acids is 1. The number of aromatic nitrogens is 2. The summed E-state index contributed by atoms with van der Waals surface area (Å²) in [6.07, 6.45) is 0. The molecule has 1 amide bonds. The van der Waals surface area contributed by atoms with E-state index in [1.54, 1.807) is 0 Å². The van der Waals surface area contributed by atoms with E-state index in [2.05, 4.69) is 48.4 Å². The van der Waals surface area contributed by atoms with E-state index < -0.39 is 0 Å². The van der Waals surface area contributed by atoms with E-state index in [0.29, 0.717) is 11.1 Å². The average Bonchev–Trinajstić information content (AvgIpc) is 3.15. The number of benzene rings is 2. The fourth-order valence-corrected chi connectivity index (χ4v) is 3.31. The predicted octanol–water partition coefficient (Wildman–Crippen LogP) is 5.00. The zero-order chi connectivity index (χ0) is 20.1. The van der Waals surface area contributed by atoms with Crippen molar-refractivity contribution < 1.29 is 9.21 Å². The fourth-order valence-electron chi connectivity index (χ4n) is 2.73. The number of carbonyl (C=O) groups is 1. The third-order valence-electron chi connectivity index (χ3n) is 4.41. The molecule has 0 unspecified atom stereocenters. The highest BCUT2D eigenvalue weighted by Crippen LogP contribution is 2.27. The Kier molecular flexibility index (Phi) is 6.19. The average molecular weight is 396 g/mol. The van der Waals surface area contributed by atoms with E-state index in [0.717, 1.165) is 11.1 Å². The van der Waals surface area contributed by atoms with Gasteiger partial charge in [0, 0.05) is 5.56 Å². The molecule has 1 atom stereocenters. The summed E-state index contributed by atoms with van der Waals surface area (Å²) in [5, 5.41) is 11.5. The molecule has 28 heavy (non-hydrogen) atoms. The molecule has 2 aromatic carbocycles. The zero-order valence-corrected chi connectivity index (χ0v) is 17.4. The van der Waals surface area contributed by atoms with Crippen molar-refractivity contribution in [2.75, 3.05) is 5.75 Å². The van der Waals surface area contributed by atoms with E-state index in [9.17, 15) is 4.79 Å². The lowest BCUT2D eigenvalue weighted by Crippen LogP contribution is -2.28. The van der Waals surface area contributed by atoms with Crippen molar-refractivity contribution in [3.8, 4) is 11.5 Å². The molecule has 0 aliphatic rings. The van der Waals surface area contributed by atoms with Crippen molar-refractivity contribution in [3.63, 3.8) is 0 Å². The van der Waals surface area contributed by atoms with Crippen LogP contribution in [0.2, 0.25) is 0 Å². The van der Waals surface area contributed by atoms with Crippen LogP contribution >= 0.6 is 11.8 Å². The molecule has 1 N–H and O–H groups in total. The lowest BCUT2D eigenvalue weighted by atomic mass is 9.87. The second-order valence-corrected chi connectivity index (χ2v) is 8.62. The summed E-state index contributed by atoms with van der Waals surface area (Å²) in [7, 11) is 0. The first-order valence-electron chi connectivity index (χ1n) is 9.24. The molecular weight excluding hydrogens is 370 g/mol. The van der Waals surface area contributed by atoms with Crippen molar-refractivity contribution in [1.29, 1.82) is 0 Å². The van der Waals surface area contributed by atoms with Crippen molar-refractivity contribution >= 4 is 17.7 Å². The Labute approximate surface area is 170 Å². The second-order valence-electron chi connectivity index (χ2n) is 7.69. The molecule has 3 aromatic rings. The molecule has 0 saturated heterocycles. The normalized spacial score (nSPS) is 12.6. The first-order chi connectivity index (χ1) is 13.3. The van der Waals surface area contributed by atoms with Crippen LogP contribution in [0.5, 0.6) is 0 Å². The highest BCUT2D eigenvalue weighted by molar-refractivity contribution is 7.99. The summed E-state index contributed by atoms with van der Waals surface area (Å²) in [5.41, 5.74) is 3.28. The standard InChI is InChI=1S/C22H25N3O2S/c1-15(16-8-6-5-7-9-16)23-19(26)14-28-21-25-24-20(27-21)17-10-12-18(13-11-17)22(2,3)4/h5-13,15H,14H2,1-4H3,(H,23,26)/t15-/m0/s1. The number of nitrogens with one attached hydrogen (secondary N) is 1. The lowest BCUT2D eigenvalue weighted by molar-refractivity contribution is -0.119. The van der Waals surface area contributed by atoms with Gasteiger partial charge >= 0.3 is 0 Å². The van der Waals surface area contributed by atoms with Crippen molar-refractivity contribution in [2.45, 2.75) is 44.4 Å². The smallest absolute Gasteiger partial charge is 0.277 e. The van der Waals surface area contributed by atoms with Gasteiger partial charge in [-0.25, -0.2) is 0 Å². The van der Waals surface area contributed by atoms with E-state index >= 15 is 0 Å². The van der Waals surface area contributed by atoms with Crippen molar-refractivity contribution in [1.82, 2.24) is 15.5 Å². The minimum atomic E-state index is -0.0735. The van der Waals surface area contributed by atoms with Crippen LogP contribution in [-0.4, -0.2) is 21.9 Å². The van der Waals surface area contributed by atoms with E-state index in [-0.39, 0.29) is 23.1 Å². The number of thioether (sulfide) groups is 1. The van der Waals surface area contributed by atoms with Crippen LogP contribution in [-0.2, 0) is 10.2 Å². The molecule has 0 bridgehead atoms. The predicted molar refractivity (Wildman–Crippen MR) is 112 cm³/mol. The summed E-state index contributed by atoms with van der Waals surface area (Å²) in [6, 6.07) is 17.9. The molecule has 0 aliphatic carbocycles. The molecule has 3 rings (SSSR count). The van der Waals surface area contributed by atoms with Gasteiger partial charge in [0.05, 0.1) is 11.8 Å². The summed E-state index contributed by atoms with van der Waals surface area (Å²) in [5.74, 6) is 0.610. The maximum Gasteiger partial charge on any atom is 0.277 e. The van der Waals surface area contributed by atoms with Crippen LogP contribution in [0, 0.1) is 0 Å². The molecule has 5 nitrogen and oxygen atoms in total. The van der Waals surface area contributed by atoms with E-state index in [1.807, 2.05) is 49.4 Å². The molecule has 6 heteroatoms. The largest absolute Gasteiger partial charge is 0.411 e. The van der Waals surface area contributed by atoms with Gasteiger partial charge in [0.15, 0.2) is 0 Å². The van der Waals surface area contributed by atoms with Crippen LogP contribution < -0.4 is 5.32 Å². The van der Waals surface area contributed by atoms with Gasteiger partial charge in [0.2, 0.25) is 11.8 Å². The van der Waals surface area contributed by atoms with E-state index in [1.165, 1.54) is 17.3 Å². The molecule has 1 heterocycles. The van der Waals surface area contributed by atoms with Gasteiger partial charge < -0.3 is 9.73 Å². The first kappa shape index (κ1) is 20.1. The third-order valence-corrected chi connectivity index (χ3v) is 5.23. The fraction of sp³-hybridized carbons (Fsp3) is 0.318. The van der Waals surface area contributed by atoms with Gasteiger partial charge in [-0.15, -0.1) is 10.2 Å². The Morgan fingerprint density at radius 3 is 2.39 bits per heavy atom. The summed E-state index contributed by atoms with van der Waals surface area (Å²) in [6.45, 7) is 8.48. The van der Waals surface area contributed by atoms with Gasteiger partial charge in [-0.3, -0.25) is 4.79 Å². The van der Waals surface area contributed by atoms with Crippen LogP contribution in [0.4, 0.5) is 0 Å². The Hall–Kier alpha value is -2.60. The van der Waals surface area contributed by atoms with Gasteiger partial charge in [-0.2, -0.15) is 0 Å². The van der Waals surface area contributed by atoms with Gasteiger partial charge in [-0.1, -0.05) is 75.0 Å². The maximum atomic E-state index is 12.2. The van der Waals surface area contributed by atoms with Gasteiger partial charge in [0.25, 0.3) is 5.22 Å². The lowest BCUT2D eigenvalue weighted by Gasteiger charge is -2.18. The molecule has 0 aliphatic heterocycles.